The number of hydrogen-bond donors (Lipinski definition) is 2. The molecule has 0 unspecified atom stereocenters. The minimum absolute atomic E-state index is 0.0219. The second-order valence-corrected chi connectivity index (χ2v) is 5.25. The molecule has 2 rings (SSSR count). The van der Waals surface area contributed by atoms with Crippen LogP contribution in [0.5, 0.6) is 11.5 Å². The van der Waals surface area contributed by atoms with Crippen LogP contribution in [0.4, 0.5) is 5.82 Å². The highest BCUT2D eigenvalue weighted by atomic mass is 79.9. The third kappa shape index (κ3) is 3.25. The van der Waals surface area contributed by atoms with E-state index >= 15 is 0 Å². The number of aromatic hydroxyl groups is 1. The predicted octanol–water partition coefficient (Wildman–Crippen LogP) is 2.10. The van der Waals surface area contributed by atoms with Gasteiger partial charge in [0.15, 0.2) is 11.5 Å². The zero-order valence-electron chi connectivity index (χ0n) is 11.5. The highest BCUT2D eigenvalue weighted by molar-refractivity contribution is 9.10. The number of halogens is 1. The van der Waals surface area contributed by atoms with Crippen molar-refractivity contribution in [3.63, 3.8) is 0 Å². The Morgan fingerprint density at radius 1 is 1.38 bits per heavy atom. The van der Waals surface area contributed by atoms with E-state index in [0.29, 0.717) is 15.8 Å². The number of phenols is 1. The van der Waals surface area contributed by atoms with Crippen molar-refractivity contribution in [1.82, 2.24) is 4.68 Å². The molecule has 1 aromatic carbocycles. The fourth-order valence-electron chi connectivity index (χ4n) is 1.78. The van der Waals surface area contributed by atoms with E-state index in [4.69, 9.17) is 10.5 Å². The Morgan fingerprint density at radius 2 is 2.10 bits per heavy atom. The summed E-state index contributed by atoms with van der Waals surface area (Å²) in [5.41, 5.74) is 6.80. The van der Waals surface area contributed by atoms with Crippen LogP contribution in [0.15, 0.2) is 38.6 Å². The number of hydrogen-bond acceptors (Lipinski definition) is 5. The van der Waals surface area contributed by atoms with E-state index in [-0.39, 0.29) is 17.1 Å². The molecular formula is C14H14BrN3O3. The molecule has 0 saturated carbocycles. The minimum Gasteiger partial charge on any atom is -0.504 e. The molecule has 0 atom stereocenters. The van der Waals surface area contributed by atoms with Crippen molar-refractivity contribution in [2.75, 3.05) is 12.8 Å². The minimum atomic E-state index is -0.322. The van der Waals surface area contributed by atoms with Crippen molar-refractivity contribution >= 4 is 28.0 Å². The first-order chi connectivity index (χ1) is 9.92. The van der Waals surface area contributed by atoms with Gasteiger partial charge in [0, 0.05) is 16.1 Å². The first kappa shape index (κ1) is 15.1. The Kier molecular flexibility index (Phi) is 4.32. The maximum absolute atomic E-state index is 11.8. The van der Waals surface area contributed by atoms with Gasteiger partial charge in [-0.3, -0.25) is 4.79 Å². The number of ether oxygens (including phenoxy) is 1. The molecule has 1 aromatic heterocycles. The third-order valence-corrected chi connectivity index (χ3v) is 3.48. The average Bonchev–Trinajstić information content (AvgIpc) is 2.40. The number of aryl methyl sites for hydroxylation is 1. The number of methoxy groups -OCH3 is 1. The number of benzene rings is 1. The lowest BCUT2D eigenvalue weighted by Crippen LogP contribution is -2.19. The summed E-state index contributed by atoms with van der Waals surface area (Å²) in [4.78, 5) is 11.8. The Hall–Kier alpha value is -2.28. The third-order valence-electron chi connectivity index (χ3n) is 2.79. The molecule has 0 aliphatic rings. The number of pyridine rings is 1. The van der Waals surface area contributed by atoms with Crippen LogP contribution in [-0.2, 0) is 0 Å². The highest BCUT2D eigenvalue weighted by Crippen LogP contribution is 2.31. The number of aromatic nitrogens is 1. The first-order valence-electron chi connectivity index (χ1n) is 6.02. The van der Waals surface area contributed by atoms with Gasteiger partial charge in [-0.2, -0.15) is 9.78 Å². The maximum atomic E-state index is 11.8. The van der Waals surface area contributed by atoms with Gasteiger partial charge in [-0.1, -0.05) is 0 Å². The second-order valence-electron chi connectivity index (χ2n) is 4.40. The van der Waals surface area contributed by atoms with E-state index in [1.807, 2.05) is 0 Å². The van der Waals surface area contributed by atoms with Crippen LogP contribution < -0.4 is 16.0 Å². The first-order valence-corrected chi connectivity index (χ1v) is 6.81. The summed E-state index contributed by atoms with van der Waals surface area (Å²) in [6.45, 7) is 1.78. The van der Waals surface area contributed by atoms with Crippen LogP contribution in [0.2, 0.25) is 0 Å². The summed E-state index contributed by atoms with van der Waals surface area (Å²) in [5, 5.41) is 13.8. The monoisotopic (exact) mass is 351 g/mol. The van der Waals surface area contributed by atoms with E-state index < -0.39 is 0 Å². The number of nitrogen functional groups attached to an aromatic ring is 1. The van der Waals surface area contributed by atoms with Gasteiger partial charge in [0.05, 0.1) is 13.3 Å². The van der Waals surface area contributed by atoms with Gasteiger partial charge in [-0.05, 0) is 46.6 Å². The standard InChI is InChI=1S/C14H14BrN3O3/c1-8-3-13(16)18(14(20)4-8)17-7-9-5-11(19)12(21-2)6-10(9)15/h3-7,19H,16H2,1-2H3/b17-7-. The van der Waals surface area contributed by atoms with Crippen molar-refractivity contribution in [2.24, 2.45) is 5.10 Å². The summed E-state index contributed by atoms with van der Waals surface area (Å²) in [7, 11) is 1.46. The van der Waals surface area contributed by atoms with Crippen LogP contribution in [0.3, 0.4) is 0 Å². The van der Waals surface area contributed by atoms with Crippen LogP contribution in [0, 0.1) is 6.92 Å². The van der Waals surface area contributed by atoms with Gasteiger partial charge in [-0.25, -0.2) is 0 Å². The number of nitrogens with zero attached hydrogens (tertiary/aromatic N) is 2. The SMILES string of the molecule is COc1cc(Br)c(/C=N\n2c(N)cc(C)cc2=O)cc1O. The van der Waals surface area contributed by atoms with E-state index in [1.54, 1.807) is 19.1 Å². The Bertz CT molecular complexity index is 769. The quantitative estimate of drug-likeness (QED) is 0.828. The van der Waals surface area contributed by atoms with Crippen molar-refractivity contribution in [3.05, 3.63) is 50.2 Å². The molecule has 0 aliphatic carbocycles. The lowest BCUT2D eigenvalue weighted by atomic mass is 10.2. The zero-order valence-corrected chi connectivity index (χ0v) is 13.1. The molecule has 2 aromatic rings. The predicted molar refractivity (Wildman–Crippen MR) is 85.2 cm³/mol. The van der Waals surface area contributed by atoms with Gasteiger partial charge < -0.3 is 15.6 Å². The number of phenolic OH excluding ortho intramolecular Hbond substituents is 1. The molecule has 6 nitrogen and oxygen atoms in total. The van der Waals surface area contributed by atoms with Gasteiger partial charge in [0.1, 0.15) is 5.82 Å². The molecule has 0 radical (unpaired) electrons. The van der Waals surface area contributed by atoms with E-state index in [2.05, 4.69) is 21.0 Å². The molecule has 21 heavy (non-hydrogen) atoms. The maximum Gasteiger partial charge on any atom is 0.273 e. The Morgan fingerprint density at radius 3 is 2.71 bits per heavy atom. The number of rotatable bonds is 3. The fraction of sp³-hybridized carbons (Fsp3) is 0.143. The summed E-state index contributed by atoms with van der Waals surface area (Å²) in [6.07, 6.45) is 1.43. The van der Waals surface area contributed by atoms with E-state index in [1.165, 1.54) is 25.5 Å². The van der Waals surface area contributed by atoms with Gasteiger partial charge in [0.2, 0.25) is 0 Å². The normalized spacial score (nSPS) is 11.0. The van der Waals surface area contributed by atoms with Crippen molar-refractivity contribution < 1.29 is 9.84 Å². The summed E-state index contributed by atoms with van der Waals surface area (Å²) >= 11 is 3.34. The fourth-order valence-corrected chi connectivity index (χ4v) is 2.21. The molecule has 0 saturated heterocycles. The molecule has 0 aliphatic heterocycles. The van der Waals surface area contributed by atoms with Crippen molar-refractivity contribution in [1.29, 1.82) is 0 Å². The second kappa shape index (κ2) is 6.01. The smallest absolute Gasteiger partial charge is 0.273 e. The number of nitrogens with two attached hydrogens (primary N) is 1. The Balaban J connectivity index is 2.43. The van der Waals surface area contributed by atoms with Crippen LogP contribution in [0.25, 0.3) is 0 Å². The van der Waals surface area contributed by atoms with E-state index in [9.17, 15) is 9.90 Å². The Labute approximate surface area is 129 Å². The molecule has 0 amide bonds. The largest absolute Gasteiger partial charge is 0.504 e. The lowest BCUT2D eigenvalue weighted by Gasteiger charge is -2.07. The summed E-state index contributed by atoms with van der Waals surface area (Å²) in [6, 6.07) is 6.17. The summed E-state index contributed by atoms with van der Waals surface area (Å²) < 4.78 is 6.75. The number of anilines is 1. The molecule has 0 bridgehead atoms. The van der Waals surface area contributed by atoms with Crippen molar-refractivity contribution in [3.8, 4) is 11.5 Å². The molecule has 0 spiro atoms. The molecule has 110 valence electrons. The van der Waals surface area contributed by atoms with Gasteiger partial charge in [-0.15, -0.1) is 0 Å². The average molecular weight is 352 g/mol. The zero-order chi connectivity index (χ0) is 15.6. The molecule has 3 N–H and O–H groups in total. The van der Waals surface area contributed by atoms with Gasteiger partial charge in [0.25, 0.3) is 5.56 Å². The summed E-state index contributed by atoms with van der Waals surface area (Å²) in [5.74, 6) is 0.558. The lowest BCUT2D eigenvalue weighted by molar-refractivity contribution is 0.373. The topological polar surface area (TPSA) is 89.8 Å². The van der Waals surface area contributed by atoms with Crippen LogP contribution in [0.1, 0.15) is 11.1 Å². The van der Waals surface area contributed by atoms with E-state index in [0.717, 1.165) is 10.2 Å². The molecule has 0 fully saturated rings. The molecule has 7 heteroatoms. The van der Waals surface area contributed by atoms with Crippen LogP contribution in [-0.4, -0.2) is 23.1 Å². The highest BCUT2D eigenvalue weighted by Gasteiger charge is 2.07. The van der Waals surface area contributed by atoms with Crippen LogP contribution >= 0.6 is 15.9 Å². The molecule has 1 heterocycles. The van der Waals surface area contributed by atoms with Gasteiger partial charge >= 0.3 is 0 Å². The molecular weight excluding hydrogens is 338 g/mol. The van der Waals surface area contributed by atoms with Crippen molar-refractivity contribution in [2.45, 2.75) is 6.92 Å².